The maximum absolute atomic E-state index is 12.5. The minimum absolute atomic E-state index is 0.176. The van der Waals surface area contributed by atoms with Gasteiger partial charge in [-0.2, -0.15) is 0 Å². The van der Waals surface area contributed by atoms with Gasteiger partial charge >= 0.3 is 0 Å². The van der Waals surface area contributed by atoms with Crippen LogP contribution in [0.2, 0.25) is 0 Å². The van der Waals surface area contributed by atoms with Crippen molar-refractivity contribution in [3.8, 4) is 5.88 Å². The number of ether oxygens (including phenoxy) is 2. The fraction of sp³-hybridized carbons (Fsp3) is 0.550. The fourth-order valence-corrected chi connectivity index (χ4v) is 4.01. The first kappa shape index (κ1) is 19.4. The van der Waals surface area contributed by atoms with Crippen molar-refractivity contribution in [3.05, 3.63) is 23.3 Å². The van der Waals surface area contributed by atoms with E-state index in [2.05, 4.69) is 9.30 Å². The lowest BCUT2D eigenvalue weighted by Gasteiger charge is -2.39. The van der Waals surface area contributed by atoms with Crippen molar-refractivity contribution >= 4 is 33.9 Å². The van der Waals surface area contributed by atoms with Crippen LogP contribution in [-0.2, 0) is 16.1 Å². The van der Waals surface area contributed by atoms with Crippen LogP contribution >= 0.6 is 0 Å². The van der Waals surface area contributed by atoms with Gasteiger partial charge < -0.3 is 18.9 Å². The molecule has 150 valence electrons. The van der Waals surface area contributed by atoms with E-state index in [1.165, 1.54) is 0 Å². The zero-order valence-electron chi connectivity index (χ0n) is 17.0. The van der Waals surface area contributed by atoms with Crippen molar-refractivity contribution in [2.75, 3.05) is 31.3 Å². The summed E-state index contributed by atoms with van der Waals surface area (Å²) in [5, 5.41) is 0. The second-order valence-electron chi connectivity index (χ2n) is 8.30. The van der Waals surface area contributed by atoms with Crippen LogP contribution in [-0.4, -0.2) is 57.4 Å². The first-order valence-electron chi connectivity index (χ1n) is 9.51. The molecule has 0 aliphatic carbocycles. The summed E-state index contributed by atoms with van der Waals surface area (Å²) < 4.78 is 28.0. The highest BCUT2D eigenvalue weighted by molar-refractivity contribution is 7.91. The molecule has 1 aromatic heterocycles. The van der Waals surface area contributed by atoms with Crippen molar-refractivity contribution in [2.24, 2.45) is 4.40 Å². The van der Waals surface area contributed by atoms with Gasteiger partial charge in [0.1, 0.15) is 28.2 Å². The van der Waals surface area contributed by atoms with Crippen molar-refractivity contribution in [2.45, 2.75) is 45.4 Å². The monoisotopic (exact) mass is 402 g/mol. The lowest BCUT2D eigenvalue weighted by atomic mass is 10.1. The molecule has 1 fully saturated rings. The molecule has 0 amide bonds. The summed E-state index contributed by atoms with van der Waals surface area (Å²) in [7, 11) is 0. The second kappa shape index (κ2) is 7.17. The van der Waals surface area contributed by atoms with Crippen LogP contribution in [0.3, 0.4) is 0 Å². The first-order valence-corrected chi connectivity index (χ1v) is 10.6. The highest BCUT2D eigenvalue weighted by Gasteiger charge is 2.33. The third-order valence-corrected chi connectivity index (χ3v) is 6.40. The van der Waals surface area contributed by atoms with E-state index >= 15 is 0 Å². The Morgan fingerprint density at radius 2 is 2.07 bits per heavy atom. The van der Waals surface area contributed by atoms with Crippen molar-refractivity contribution < 1.29 is 14.0 Å². The van der Waals surface area contributed by atoms with Gasteiger partial charge in [0, 0.05) is 12.1 Å². The number of hydrogen-bond donors (Lipinski definition) is 0. The molecule has 0 spiro atoms. The normalized spacial score (nSPS) is 21.1. The highest BCUT2D eigenvalue weighted by atomic mass is 32.2. The quantitative estimate of drug-likeness (QED) is 0.567. The maximum atomic E-state index is 12.5. The van der Waals surface area contributed by atoms with Crippen molar-refractivity contribution in [1.82, 2.24) is 9.97 Å². The fourth-order valence-electron chi connectivity index (χ4n) is 3.39. The molecule has 1 saturated heterocycles. The number of nitrogens with zero attached hydrogens (tertiary/aromatic N) is 4. The SMILES string of the molecule is CC(=N[S+]([O-])C(C)(C)C)c1cc(C)cc2nc3c(nc12)OC[C@@H]1COCCN31. The van der Waals surface area contributed by atoms with Gasteiger partial charge in [-0.05, 0) is 52.3 Å². The number of hydrogen-bond acceptors (Lipinski definition) is 7. The van der Waals surface area contributed by atoms with E-state index in [9.17, 15) is 4.55 Å². The summed E-state index contributed by atoms with van der Waals surface area (Å²) in [5.41, 5.74) is 4.11. The van der Waals surface area contributed by atoms with E-state index in [0.717, 1.165) is 34.5 Å². The van der Waals surface area contributed by atoms with E-state index in [1.54, 1.807) is 0 Å². The summed E-state index contributed by atoms with van der Waals surface area (Å²) in [4.78, 5) is 11.9. The molecule has 1 aromatic carbocycles. The largest absolute Gasteiger partial charge is 0.591 e. The van der Waals surface area contributed by atoms with Crippen molar-refractivity contribution in [3.63, 3.8) is 0 Å². The average Bonchev–Trinajstić information content (AvgIpc) is 2.65. The third-order valence-electron chi connectivity index (χ3n) is 4.91. The molecule has 2 atom stereocenters. The van der Waals surface area contributed by atoms with Crippen LogP contribution in [0.25, 0.3) is 11.0 Å². The number of fused-ring (bicyclic) bond motifs is 4. The standard InChI is InChI=1S/C20H26N4O3S/c1-12-8-15(13(2)23-28(25)20(3,4)5)17-16(9-12)21-18-19(22-17)27-11-14-10-26-7-6-24(14)18/h8-9,14H,6-7,10-11H2,1-5H3/t14-,28?/m0/s1. The molecule has 2 aliphatic rings. The van der Waals surface area contributed by atoms with Crippen LogP contribution in [0.1, 0.15) is 38.8 Å². The van der Waals surface area contributed by atoms with Gasteiger partial charge in [-0.3, -0.25) is 0 Å². The van der Waals surface area contributed by atoms with Crippen LogP contribution in [0.5, 0.6) is 5.88 Å². The molecule has 2 aromatic rings. The number of aromatic nitrogens is 2. The molecule has 3 heterocycles. The number of rotatable bonds is 2. The van der Waals surface area contributed by atoms with E-state index in [0.29, 0.717) is 31.4 Å². The third kappa shape index (κ3) is 3.56. The van der Waals surface area contributed by atoms with Gasteiger partial charge in [-0.1, -0.05) is 4.40 Å². The minimum Gasteiger partial charge on any atom is -0.591 e. The number of morpholine rings is 1. The van der Waals surface area contributed by atoms with Crippen molar-refractivity contribution in [1.29, 1.82) is 0 Å². The Morgan fingerprint density at radius 3 is 2.82 bits per heavy atom. The summed E-state index contributed by atoms with van der Waals surface area (Å²) in [5.74, 6) is 1.32. The Hall–Kier alpha value is -1.90. The highest BCUT2D eigenvalue weighted by Crippen LogP contribution is 2.34. The molecule has 2 aliphatic heterocycles. The summed E-state index contributed by atoms with van der Waals surface area (Å²) >= 11 is -1.34. The topological polar surface area (TPSA) is 82.9 Å². The smallest absolute Gasteiger partial charge is 0.258 e. The number of benzene rings is 1. The molecule has 0 N–H and O–H groups in total. The van der Waals surface area contributed by atoms with Crippen LogP contribution in [0, 0.1) is 6.92 Å². The zero-order valence-corrected chi connectivity index (χ0v) is 17.8. The molecular formula is C20H26N4O3S. The Bertz CT molecular complexity index is 941. The number of anilines is 1. The van der Waals surface area contributed by atoms with E-state index in [4.69, 9.17) is 19.4 Å². The van der Waals surface area contributed by atoms with Gasteiger partial charge in [0.15, 0.2) is 5.82 Å². The first-order chi connectivity index (χ1) is 13.2. The average molecular weight is 403 g/mol. The van der Waals surface area contributed by atoms with Crippen LogP contribution in [0.4, 0.5) is 5.82 Å². The molecular weight excluding hydrogens is 376 g/mol. The summed E-state index contributed by atoms with van der Waals surface area (Å²) in [6.45, 7) is 12.3. The maximum Gasteiger partial charge on any atom is 0.258 e. The molecule has 4 rings (SSSR count). The zero-order chi connectivity index (χ0) is 20.1. The van der Waals surface area contributed by atoms with Crippen LogP contribution < -0.4 is 9.64 Å². The van der Waals surface area contributed by atoms with Gasteiger partial charge in [0.25, 0.3) is 5.88 Å². The second-order valence-corrected chi connectivity index (χ2v) is 10.2. The Kier molecular flexibility index (Phi) is 4.97. The molecule has 7 nitrogen and oxygen atoms in total. The Morgan fingerprint density at radius 1 is 1.29 bits per heavy atom. The lowest BCUT2D eigenvalue weighted by molar-refractivity contribution is 0.0686. The molecule has 1 unspecified atom stereocenters. The lowest BCUT2D eigenvalue weighted by Crippen LogP contribution is -2.51. The Balaban J connectivity index is 1.82. The van der Waals surface area contributed by atoms with Crippen LogP contribution in [0.15, 0.2) is 16.5 Å². The molecule has 0 radical (unpaired) electrons. The van der Waals surface area contributed by atoms with Gasteiger partial charge in [-0.15, -0.1) is 0 Å². The van der Waals surface area contributed by atoms with Gasteiger partial charge in [0.2, 0.25) is 0 Å². The molecule has 0 bridgehead atoms. The predicted octanol–water partition coefficient (Wildman–Crippen LogP) is 2.81. The van der Waals surface area contributed by atoms with E-state index in [1.807, 2.05) is 46.8 Å². The summed E-state index contributed by atoms with van der Waals surface area (Å²) in [6.07, 6.45) is 0. The van der Waals surface area contributed by atoms with E-state index in [-0.39, 0.29) is 6.04 Å². The van der Waals surface area contributed by atoms with Gasteiger partial charge in [0.05, 0.1) is 30.5 Å². The van der Waals surface area contributed by atoms with E-state index < -0.39 is 16.1 Å². The molecule has 0 saturated carbocycles. The summed E-state index contributed by atoms with van der Waals surface area (Å²) in [6, 6.07) is 4.21. The minimum atomic E-state index is -1.34. The molecule has 28 heavy (non-hydrogen) atoms. The molecule has 8 heteroatoms. The number of aryl methyl sites for hydroxylation is 1. The predicted molar refractivity (Wildman–Crippen MR) is 112 cm³/mol. The Labute approximate surface area is 168 Å². The van der Waals surface area contributed by atoms with Gasteiger partial charge in [-0.25, -0.2) is 9.97 Å².